The number of carbonyl (C=O) groups is 1. The molecular formula is C15H23N3O3. The van der Waals surface area contributed by atoms with Crippen LogP contribution in [0.3, 0.4) is 0 Å². The molecule has 0 bridgehead atoms. The Hall–Kier alpha value is -1.66. The molecule has 116 valence electrons. The van der Waals surface area contributed by atoms with Crippen molar-refractivity contribution >= 4 is 11.8 Å². The van der Waals surface area contributed by atoms with Crippen LogP contribution in [-0.4, -0.2) is 49.9 Å². The van der Waals surface area contributed by atoms with Crippen LogP contribution in [0.15, 0.2) is 18.3 Å². The van der Waals surface area contributed by atoms with Gasteiger partial charge in [0.2, 0.25) is 0 Å². The first kappa shape index (κ1) is 15.7. The predicted molar refractivity (Wildman–Crippen MR) is 80.4 cm³/mol. The zero-order valence-electron chi connectivity index (χ0n) is 12.6. The lowest BCUT2D eigenvalue weighted by Crippen LogP contribution is -2.49. The highest BCUT2D eigenvalue weighted by Gasteiger charge is 2.28. The SMILES string of the molecule is CCOC(=O)c1ccc(N2CCC(OC)CC2CN)nc1. The van der Waals surface area contributed by atoms with Gasteiger partial charge >= 0.3 is 5.97 Å². The van der Waals surface area contributed by atoms with Crippen molar-refractivity contribution in [1.29, 1.82) is 0 Å². The number of aromatic nitrogens is 1. The van der Waals surface area contributed by atoms with Crippen LogP contribution >= 0.6 is 0 Å². The molecule has 6 heteroatoms. The van der Waals surface area contributed by atoms with Gasteiger partial charge in [0.1, 0.15) is 5.82 Å². The summed E-state index contributed by atoms with van der Waals surface area (Å²) in [6.45, 7) is 3.55. The Morgan fingerprint density at radius 3 is 2.90 bits per heavy atom. The van der Waals surface area contributed by atoms with Crippen LogP contribution in [0.1, 0.15) is 30.1 Å². The van der Waals surface area contributed by atoms with Gasteiger partial charge in [-0.3, -0.25) is 0 Å². The van der Waals surface area contributed by atoms with Crippen molar-refractivity contribution in [1.82, 2.24) is 4.98 Å². The smallest absolute Gasteiger partial charge is 0.339 e. The van der Waals surface area contributed by atoms with E-state index in [-0.39, 0.29) is 18.1 Å². The van der Waals surface area contributed by atoms with Gasteiger partial charge in [0, 0.05) is 32.4 Å². The second-order valence-electron chi connectivity index (χ2n) is 5.09. The normalized spacial score (nSPS) is 22.1. The van der Waals surface area contributed by atoms with Gasteiger partial charge in [0.15, 0.2) is 0 Å². The third-order valence-electron chi connectivity index (χ3n) is 3.83. The summed E-state index contributed by atoms with van der Waals surface area (Å²) < 4.78 is 10.4. The Balaban J connectivity index is 2.09. The van der Waals surface area contributed by atoms with Crippen molar-refractivity contribution in [2.75, 3.05) is 31.7 Å². The van der Waals surface area contributed by atoms with Gasteiger partial charge in [-0.15, -0.1) is 0 Å². The second kappa shape index (κ2) is 7.38. The number of esters is 1. The van der Waals surface area contributed by atoms with E-state index in [9.17, 15) is 4.79 Å². The molecule has 2 unspecified atom stereocenters. The Kier molecular flexibility index (Phi) is 5.52. The lowest BCUT2D eigenvalue weighted by Gasteiger charge is -2.39. The molecule has 0 amide bonds. The maximum atomic E-state index is 11.6. The van der Waals surface area contributed by atoms with Gasteiger partial charge in [-0.05, 0) is 31.9 Å². The minimum absolute atomic E-state index is 0.213. The number of nitrogens with two attached hydrogens (primary N) is 1. The highest BCUT2D eigenvalue weighted by Crippen LogP contribution is 2.24. The van der Waals surface area contributed by atoms with E-state index in [2.05, 4.69) is 9.88 Å². The molecule has 2 rings (SSSR count). The second-order valence-corrected chi connectivity index (χ2v) is 5.09. The summed E-state index contributed by atoms with van der Waals surface area (Å²) in [7, 11) is 1.74. The van der Waals surface area contributed by atoms with E-state index in [0.717, 1.165) is 25.2 Å². The Morgan fingerprint density at radius 2 is 2.33 bits per heavy atom. The van der Waals surface area contributed by atoms with Gasteiger partial charge in [0.05, 0.1) is 18.3 Å². The molecule has 0 aromatic carbocycles. The third-order valence-corrected chi connectivity index (χ3v) is 3.83. The van der Waals surface area contributed by atoms with Crippen molar-refractivity contribution in [3.05, 3.63) is 23.9 Å². The topological polar surface area (TPSA) is 77.7 Å². The zero-order chi connectivity index (χ0) is 15.2. The van der Waals surface area contributed by atoms with Crippen LogP contribution in [0, 0.1) is 0 Å². The predicted octanol–water partition coefficient (Wildman–Crippen LogP) is 1.20. The first-order chi connectivity index (χ1) is 10.2. The van der Waals surface area contributed by atoms with E-state index in [1.165, 1.54) is 0 Å². The summed E-state index contributed by atoms with van der Waals surface area (Å²) in [6, 6.07) is 3.81. The minimum Gasteiger partial charge on any atom is -0.462 e. The summed E-state index contributed by atoms with van der Waals surface area (Å²) >= 11 is 0. The van der Waals surface area contributed by atoms with Gasteiger partial charge in [-0.1, -0.05) is 0 Å². The van der Waals surface area contributed by atoms with Crippen molar-refractivity contribution in [3.8, 4) is 0 Å². The molecule has 1 aliphatic rings. The third kappa shape index (κ3) is 3.71. The number of hydrogen-bond acceptors (Lipinski definition) is 6. The molecular weight excluding hydrogens is 270 g/mol. The fourth-order valence-corrected chi connectivity index (χ4v) is 2.64. The Bertz CT molecular complexity index is 464. The number of carbonyl (C=O) groups excluding carboxylic acids is 1. The highest BCUT2D eigenvalue weighted by atomic mass is 16.5. The summed E-state index contributed by atoms with van der Waals surface area (Å²) in [5.41, 5.74) is 6.34. The van der Waals surface area contributed by atoms with Crippen molar-refractivity contribution in [2.45, 2.75) is 31.9 Å². The maximum Gasteiger partial charge on any atom is 0.339 e. The molecule has 0 saturated carbocycles. The molecule has 0 aliphatic carbocycles. The molecule has 0 spiro atoms. The van der Waals surface area contributed by atoms with Crippen LogP contribution in [0.4, 0.5) is 5.82 Å². The number of nitrogens with zero attached hydrogens (tertiary/aromatic N) is 2. The van der Waals surface area contributed by atoms with Gasteiger partial charge < -0.3 is 20.1 Å². The van der Waals surface area contributed by atoms with Gasteiger partial charge in [-0.2, -0.15) is 0 Å². The summed E-state index contributed by atoms with van der Waals surface area (Å²) in [4.78, 5) is 18.2. The molecule has 1 fully saturated rings. The maximum absolute atomic E-state index is 11.6. The van der Waals surface area contributed by atoms with Crippen molar-refractivity contribution in [2.24, 2.45) is 5.73 Å². The number of rotatable bonds is 5. The Morgan fingerprint density at radius 1 is 1.52 bits per heavy atom. The van der Waals surface area contributed by atoms with Crippen molar-refractivity contribution < 1.29 is 14.3 Å². The number of anilines is 1. The van der Waals surface area contributed by atoms with Gasteiger partial charge in [-0.25, -0.2) is 9.78 Å². The van der Waals surface area contributed by atoms with Crippen LogP contribution in [0.5, 0.6) is 0 Å². The van der Waals surface area contributed by atoms with Crippen LogP contribution in [-0.2, 0) is 9.47 Å². The number of pyridine rings is 1. The Labute approximate surface area is 125 Å². The van der Waals surface area contributed by atoms with E-state index in [1.807, 2.05) is 6.07 Å². The summed E-state index contributed by atoms with van der Waals surface area (Å²) in [6.07, 6.45) is 3.67. The molecule has 1 aromatic heterocycles. The molecule has 1 saturated heterocycles. The van der Waals surface area contributed by atoms with Crippen LogP contribution in [0.25, 0.3) is 0 Å². The standard InChI is InChI=1S/C15H23N3O3/c1-3-21-15(19)11-4-5-14(17-10-11)18-7-6-13(20-2)8-12(18)9-16/h4-5,10,12-13H,3,6-9,16H2,1-2H3. The number of ether oxygens (including phenoxy) is 2. The van der Waals surface area contributed by atoms with E-state index in [0.29, 0.717) is 18.7 Å². The molecule has 1 aromatic rings. The van der Waals surface area contributed by atoms with Crippen LogP contribution in [0.2, 0.25) is 0 Å². The lowest BCUT2D eigenvalue weighted by atomic mass is 9.99. The first-order valence-electron chi connectivity index (χ1n) is 7.32. The number of piperidine rings is 1. The molecule has 2 atom stereocenters. The van der Waals surface area contributed by atoms with E-state index >= 15 is 0 Å². The summed E-state index contributed by atoms with van der Waals surface area (Å²) in [5.74, 6) is 0.498. The molecule has 2 N–H and O–H groups in total. The highest BCUT2D eigenvalue weighted by molar-refractivity contribution is 5.89. The van der Waals surface area contributed by atoms with Crippen molar-refractivity contribution in [3.63, 3.8) is 0 Å². The fourth-order valence-electron chi connectivity index (χ4n) is 2.64. The quantitative estimate of drug-likeness (QED) is 0.822. The number of hydrogen-bond donors (Lipinski definition) is 1. The lowest BCUT2D eigenvalue weighted by molar-refractivity contribution is 0.0526. The van der Waals surface area contributed by atoms with E-state index in [4.69, 9.17) is 15.2 Å². The summed E-state index contributed by atoms with van der Waals surface area (Å²) in [5, 5.41) is 0. The largest absolute Gasteiger partial charge is 0.462 e. The van der Waals surface area contributed by atoms with Gasteiger partial charge in [0.25, 0.3) is 0 Å². The fraction of sp³-hybridized carbons (Fsp3) is 0.600. The monoisotopic (exact) mass is 293 g/mol. The molecule has 21 heavy (non-hydrogen) atoms. The minimum atomic E-state index is -0.343. The molecule has 1 aliphatic heterocycles. The molecule has 2 heterocycles. The number of methoxy groups -OCH3 is 1. The van der Waals surface area contributed by atoms with Crippen LogP contribution < -0.4 is 10.6 Å². The molecule has 6 nitrogen and oxygen atoms in total. The first-order valence-corrected chi connectivity index (χ1v) is 7.32. The average molecular weight is 293 g/mol. The molecule has 0 radical (unpaired) electrons. The van der Waals surface area contributed by atoms with E-state index in [1.54, 1.807) is 26.3 Å². The van der Waals surface area contributed by atoms with E-state index < -0.39 is 0 Å². The zero-order valence-corrected chi connectivity index (χ0v) is 12.6. The average Bonchev–Trinajstić information content (AvgIpc) is 2.54.